The van der Waals surface area contributed by atoms with Gasteiger partial charge in [0.25, 0.3) is 0 Å². The van der Waals surface area contributed by atoms with Gasteiger partial charge in [0, 0.05) is 29.5 Å². The highest BCUT2D eigenvalue weighted by Gasteiger charge is 2.16. The van der Waals surface area contributed by atoms with Gasteiger partial charge in [-0.05, 0) is 24.6 Å². The highest BCUT2D eigenvalue weighted by atomic mass is 16.4. The fourth-order valence-electron chi connectivity index (χ4n) is 2.43. The second-order valence-electron chi connectivity index (χ2n) is 4.44. The predicted molar refractivity (Wildman–Crippen MR) is 69.9 cm³/mol. The standard InChI is InChI=1S/C14H12N2O2/c1-8-3-4-9-10-5-6-15-12(14(17)18)13(10)16(2)11(9)7-8/h3-7H,1-2H3,(H,17,18). The molecule has 18 heavy (non-hydrogen) atoms. The average Bonchev–Trinajstić information content (AvgIpc) is 2.63. The van der Waals surface area contributed by atoms with Gasteiger partial charge in [-0.15, -0.1) is 0 Å². The van der Waals surface area contributed by atoms with Crippen molar-refractivity contribution in [3.05, 3.63) is 41.7 Å². The summed E-state index contributed by atoms with van der Waals surface area (Å²) in [5.41, 5.74) is 2.95. The van der Waals surface area contributed by atoms with Crippen LogP contribution in [0, 0.1) is 6.92 Å². The number of aromatic nitrogens is 2. The van der Waals surface area contributed by atoms with Crippen LogP contribution in [-0.4, -0.2) is 20.6 Å². The summed E-state index contributed by atoms with van der Waals surface area (Å²) in [6.45, 7) is 2.02. The second kappa shape index (κ2) is 3.57. The van der Waals surface area contributed by atoms with Crippen molar-refractivity contribution in [1.29, 1.82) is 0 Å². The number of aromatic carboxylic acids is 1. The Morgan fingerprint density at radius 3 is 2.78 bits per heavy atom. The minimum absolute atomic E-state index is 0.101. The Labute approximate surface area is 103 Å². The zero-order valence-corrected chi connectivity index (χ0v) is 10.1. The van der Waals surface area contributed by atoms with E-state index in [-0.39, 0.29) is 5.69 Å². The van der Waals surface area contributed by atoms with Gasteiger partial charge in [-0.2, -0.15) is 0 Å². The van der Waals surface area contributed by atoms with Gasteiger partial charge < -0.3 is 9.67 Å². The lowest BCUT2D eigenvalue weighted by molar-refractivity contribution is 0.0692. The zero-order chi connectivity index (χ0) is 12.9. The van der Waals surface area contributed by atoms with Crippen LogP contribution in [0.25, 0.3) is 21.8 Å². The molecule has 0 saturated carbocycles. The maximum atomic E-state index is 11.2. The molecule has 0 saturated heterocycles. The van der Waals surface area contributed by atoms with Gasteiger partial charge in [0.2, 0.25) is 0 Å². The number of benzene rings is 1. The van der Waals surface area contributed by atoms with Crippen LogP contribution in [0.1, 0.15) is 16.1 Å². The van der Waals surface area contributed by atoms with Gasteiger partial charge in [0.15, 0.2) is 5.69 Å². The van der Waals surface area contributed by atoms with Crippen molar-refractivity contribution < 1.29 is 9.90 Å². The number of rotatable bonds is 1. The molecule has 0 atom stereocenters. The van der Waals surface area contributed by atoms with E-state index in [1.165, 1.54) is 0 Å². The van der Waals surface area contributed by atoms with E-state index in [9.17, 15) is 9.90 Å². The Balaban J connectivity index is 2.59. The van der Waals surface area contributed by atoms with Gasteiger partial charge in [-0.1, -0.05) is 12.1 Å². The molecule has 0 amide bonds. The SMILES string of the molecule is Cc1ccc2c3ccnc(C(=O)O)c3n(C)c2c1. The fraction of sp³-hybridized carbons (Fsp3) is 0.143. The molecule has 4 nitrogen and oxygen atoms in total. The molecular weight excluding hydrogens is 228 g/mol. The van der Waals surface area contributed by atoms with E-state index in [1.54, 1.807) is 6.20 Å². The molecule has 0 aliphatic carbocycles. The largest absolute Gasteiger partial charge is 0.476 e. The van der Waals surface area contributed by atoms with Crippen LogP contribution >= 0.6 is 0 Å². The van der Waals surface area contributed by atoms with E-state index in [1.807, 2.05) is 36.7 Å². The van der Waals surface area contributed by atoms with Crippen LogP contribution in [-0.2, 0) is 7.05 Å². The van der Waals surface area contributed by atoms with Crippen LogP contribution in [0.4, 0.5) is 0 Å². The molecule has 0 unspecified atom stereocenters. The van der Waals surface area contributed by atoms with E-state index in [0.717, 1.165) is 21.9 Å². The van der Waals surface area contributed by atoms with Crippen molar-refractivity contribution in [2.45, 2.75) is 6.92 Å². The van der Waals surface area contributed by atoms with Gasteiger partial charge in [-0.25, -0.2) is 9.78 Å². The van der Waals surface area contributed by atoms with Crippen molar-refractivity contribution in [2.24, 2.45) is 7.05 Å². The molecule has 0 radical (unpaired) electrons. The molecule has 0 spiro atoms. The number of carbonyl (C=O) groups is 1. The van der Waals surface area contributed by atoms with Crippen LogP contribution < -0.4 is 0 Å². The second-order valence-corrected chi connectivity index (χ2v) is 4.44. The molecule has 90 valence electrons. The Morgan fingerprint density at radius 2 is 2.06 bits per heavy atom. The molecule has 2 heterocycles. The van der Waals surface area contributed by atoms with Gasteiger partial charge in [0.05, 0.1) is 5.52 Å². The van der Waals surface area contributed by atoms with Gasteiger partial charge in [0.1, 0.15) is 0 Å². The number of carboxylic acids is 1. The first-order chi connectivity index (χ1) is 8.59. The molecule has 4 heteroatoms. The third kappa shape index (κ3) is 1.32. The maximum Gasteiger partial charge on any atom is 0.356 e. The van der Waals surface area contributed by atoms with Gasteiger partial charge in [-0.3, -0.25) is 0 Å². The predicted octanol–water partition coefficient (Wildman–Crippen LogP) is 2.73. The zero-order valence-electron chi connectivity index (χ0n) is 10.1. The number of nitrogens with zero attached hydrogens (tertiary/aromatic N) is 2. The number of pyridine rings is 1. The molecule has 0 bridgehead atoms. The fourth-order valence-corrected chi connectivity index (χ4v) is 2.43. The first-order valence-electron chi connectivity index (χ1n) is 5.66. The lowest BCUT2D eigenvalue weighted by Gasteiger charge is -2.01. The van der Waals surface area contributed by atoms with E-state index < -0.39 is 5.97 Å². The Hall–Kier alpha value is -2.36. The third-order valence-electron chi connectivity index (χ3n) is 3.27. The molecule has 1 N–H and O–H groups in total. The molecule has 2 aromatic heterocycles. The van der Waals surface area contributed by atoms with Crippen LogP contribution in [0.3, 0.4) is 0 Å². The normalized spacial score (nSPS) is 11.2. The van der Waals surface area contributed by atoms with Crippen LogP contribution in [0.5, 0.6) is 0 Å². The van der Waals surface area contributed by atoms with Crippen LogP contribution in [0.2, 0.25) is 0 Å². The van der Waals surface area contributed by atoms with Crippen molar-refractivity contribution >= 4 is 27.8 Å². The van der Waals surface area contributed by atoms with Crippen LogP contribution in [0.15, 0.2) is 30.5 Å². The molecule has 1 aromatic carbocycles. The molecule has 3 aromatic rings. The van der Waals surface area contributed by atoms with E-state index in [0.29, 0.717) is 5.52 Å². The minimum Gasteiger partial charge on any atom is -0.476 e. The summed E-state index contributed by atoms with van der Waals surface area (Å²) in [6.07, 6.45) is 1.55. The highest BCUT2D eigenvalue weighted by Crippen LogP contribution is 2.29. The first kappa shape index (κ1) is 10.8. The third-order valence-corrected chi connectivity index (χ3v) is 3.27. The van der Waals surface area contributed by atoms with E-state index in [2.05, 4.69) is 11.1 Å². The topological polar surface area (TPSA) is 55.1 Å². The molecular formula is C14H12N2O2. The minimum atomic E-state index is -0.997. The summed E-state index contributed by atoms with van der Waals surface area (Å²) in [5.74, 6) is -0.997. The summed E-state index contributed by atoms with van der Waals surface area (Å²) in [6, 6.07) is 7.97. The smallest absolute Gasteiger partial charge is 0.356 e. The number of carboxylic acid groups (broad SMARTS) is 1. The Bertz CT molecular complexity index is 787. The first-order valence-corrected chi connectivity index (χ1v) is 5.66. The summed E-state index contributed by atoms with van der Waals surface area (Å²) in [4.78, 5) is 15.2. The number of aryl methyl sites for hydroxylation is 2. The van der Waals surface area contributed by atoms with E-state index >= 15 is 0 Å². The summed E-state index contributed by atoms with van der Waals surface area (Å²) >= 11 is 0. The quantitative estimate of drug-likeness (QED) is 0.711. The summed E-state index contributed by atoms with van der Waals surface area (Å²) in [7, 11) is 1.87. The monoisotopic (exact) mass is 240 g/mol. The number of hydrogen-bond donors (Lipinski definition) is 1. The van der Waals surface area contributed by atoms with Crippen molar-refractivity contribution in [1.82, 2.24) is 9.55 Å². The number of hydrogen-bond acceptors (Lipinski definition) is 2. The van der Waals surface area contributed by atoms with Crippen molar-refractivity contribution in [3.8, 4) is 0 Å². The molecule has 3 rings (SSSR count). The Morgan fingerprint density at radius 1 is 1.28 bits per heavy atom. The molecule has 0 fully saturated rings. The van der Waals surface area contributed by atoms with Gasteiger partial charge >= 0.3 is 5.97 Å². The summed E-state index contributed by atoms with van der Waals surface area (Å²) in [5, 5.41) is 11.2. The van der Waals surface area contributed by atoms with E-state index in [4.69, 9.17) is 0 Å². The van der Waals surface area contributed by atoms with Crippen molar-refractivity contribution in [3.63, 3.8) is 0 Å². The average molecular weight is 240 g/mol. The lowest BCUT2D eigenvalue weighted by Crippen LogP contribution is -2.03. The number of fused-ring (bicyclic) bond motifs is 3. The lowest BCUT2D eigenvalue weighted by atomic mass is 10.1. The molecule has 0 aliphatic rings. The summed E-state index contributed by atoms with van der Waals surface area (Å²) < 4.78 is 1.90. The van der Waals surface area contributed by atoms with Crippen molar-refractivity contribution in [2.75, 3.05) is 0 Å². The maximum absolute atomic E-state index is 11.2. The highest BCUT2D eigenvalue weighted by molar-refractivity contribution is 6.13. The molecule has 0 aliphatic heterocycles. The Kier molecular flexibility index (Phi) is 2.13.